The van der Waals surface area contributed by atoms with Crippen molar-refractivity contribution in [2.75, 3.05) is 18.0 Å². The third-order valence-electron chi connectivity index (χ3n) is 9.92. The Morgan fingerprint density at radius 1 is 1.14 bits per heavy atom. The third kappa shape index (κ3) is 4.60. The van der Waals surface area contributed by atoms with Gasteiger partial charge in [-0.05, 0) is 66.8 Å². The Morgan fingerprint density at radius 3 is 2.60 bits per heavy atom. The molecule has 224 valence electrons. The van der Waals surface area contributed by atoms with Crippen molar-refractivity contribution in [1.29, 1.82) is 5.26 Å². The van der Waals surface area contributed by atoms with Gasteiger partial charge >= 0.3 is 6.18 Å². The molecule has 4 aliphatic rings. The number of aryl methyl sites for hydroxylation is 1. The molecule has 2 aliphatic carbocycles. The van der Waals surface area contributed by atoms with Crippen molar-refractivity contribution in [3.8, 4) is 6.07 Å². The number of alkyl halides is 5. The van der Waals surface area contributed by atoms with Crippen LogP contribution in [0.1, 0.15) is 57.7 Å². The molecule has 2 atom stereocenters. The number of nitriles is 1. The zero-order valence-corrected chi connectivity index (χ0v) is 23.4. The Bertz CT molecular complexity index is 1650. The summed E-state index contributed by atoms with van der Waals surface area (Å²) in [5.74, 6) is -3.99. The van der Waals surface area contributed by atoms with E-state index < -0.39 is 40.8 Å². The number of likely N-dealkylation sites (tertiary alicyclic amines) is 1. The quantitative estimate of drug-likeness (QED) is 0.352. The zero-order chi connectivity index (χ0) is 30.3. The number of hydrogen-bond acceptors (Lipinski definition) is 5. The highest BCUT2D eigenvalue weighted by molar-refractivity contribution is 6.10. The molecule has 43 heavy (non-hydrogen) atoms. The lowest BCUT2D eigenvalue weighted by Gasteiger charge is -2.45. The van der Waals surface area contributed by atoms with Crippen molar-refractivity contribution in [1.82, 2.24) is 19.7 Å². The van der Waals surface area contributed by atoms with Gasteiger partial charge in [0.1, 0.15) is 12.2 Å². The average molecular weight is 597 g/mol. The number of fused-ring (bicyclic) bond motifs is 2. The Labute approximate surface area is 244 Å². The Hall–Kier alpha value is -3.85. The summed E-state index contributed by atoms with van der Waals surface area (Å²) >= 11 is 0. The molecule has 0 bridgehead atoms. The van der Waals surface area contributed by atoms with Gasteiger partial charge in [-0.1, -0.05) is 12.1 Å². The van der Waals surface area contributed by atoms with E-state index in [4.69, 9.17) is 0 Å². The van der Waals surface area contributed by atoms with Crippen molar-refractivity contribution in [3.63, 3.8) is 0 Å². The van der Waals surface area contributed by atoms with E-state index in [2.05, 4.69) is 16.3 Å². The number of hydrogen-bond donors (Lipinski definition) is 0. The molecule has 1 aromatic heterocycles. The number of amides is 1. The van der Waals surface area contributed by atoms with Crippen molar-refractivity contribution in [2.45, 2.75) is 56.3 Å². The number of rotatable bonds is 6. The molecule has 0 radical (unpaired) electrons. The summed E-state index contributed by atoms with van der Waals surface area (Å²) in [6.45, 7) is 0.350. The summed E-state index contributed by atoms with van der Waals surface area (Å²) in [6.07, 6.45) is -1.04. The van der Waals surface area contributed by atoms with E-state index in [1.807, 2.05) is 23.7 Å². The van der Waals surface area contributed by atoms with Crippen LogP contribution in [0.25, 0.3) is 0 Å². The fourth-order valence-electron chi connectivity index (χ4n) is 7.45. The lowest BCUT2D eigenvalue weighted by Crippen LogP contribution is -2.43. The number of benzene rings is 2. The number of carbonyl (C=O) groups is 1. The molecule has 0 N–H and O–H groups in total. The smallest absolute Gasteiger partial charge is 0.321 e. The van der Waals surface area contributed by atoms with Crippen LogP contribution in [0.3, 0.4) is 0 Å². The molecule has 2 saturated carbocycles. The first-order valence-corrected chi connectivity index (χ1v) is 14.4. The number of anilines is 1. The topological polar surface area (TPSA) is 78.1 Å². The van der Waals surface area contributed by atoms with Gasteiger partial charge in [0.05, 0.1) is 18.2 Å². The number of piperidine rings is 1. The van der Waals surface area contributed by atoms with E-state index in [9.17, 15) is 32.0 Å². The van der Waals surface area contributed by atoms with Crippen LogP contribution in [0.4, 0.5) is 27.6 Å². The van der Waals surface area contributed by atoms with E-state index in [0.717, 1.165) is 17.5 Å². The predicted octanol–water partition coefficient (Wildman–Crippen LogP) is 5.50. The highest BCUT2D eigenvalue weighted by atomic mass is 19.4. The molecule has 1 amide bonds. The molecular formula is C31H29F5N6O. The summed E-state index contributed by atoms with van der Waals surface area (Å²) in [7, 11) is 1.84. The van der Waals surface area contributed by atoms with Crippen LogP contribution < -0.4 is 4.90 Å². The van der Waals surface area contributed by atoms with E-state index in [0.29, 0.717) is 37.9 Å². The Balaban J connectivity index is 1.18. The van der Waals surface area contributed by atoms with Crippen molar-refractivity contribution >= 4 is 11.6 Å². The average Bonchev–Trinajstić information content (AvgIpc) is 3.19. The molecule has 7 rings (SSSR count). The molecule has 0 unspecified atom stereocenters. The summed E-state index contributed by atoms with van der Waals surface area (Å²) in [4.78, 5) is 16.8. The summed E-state index contributed by atoms with van der Waals surface area (Å²) < 4.78 is 72.5. The maximum atomic E-state index is 14.3. The first-order chi connectivity index (χ1) is 20.4. The molecule has 0 spiro atoms. The Morgan fingerprint density at radius 2 is 1.93 bits per heavy atom. The largest absolute Gasteiger partial charge is 0.416 e. The fourth-order valence-corrected chi connectivity index (χ4v) is 7.45. The molecule has 3 fully saturated rings. The zero-order valence-electron chi connectivity index (χ0n) is 23.4. The Kier molecular flexibility index (Phi) is 6.22. The molecule has 12 heteroatoms. The first kappa shape index (κ1) is 28.0. The molecule has 3 aromatic rings. The van der Waals surface area contributed by atoms with Crippen LogP contribution in [-0.4, -0.2) is 44.6 Å². The fraction of sp³-hybridized carbons (Fsp3) is 0.484. The second-order valence-electron chi connectivity index (χ2n) is 12.6. The first-order valence-electron chi connectivity index (χ1n) is 14.4. The number of aromatic nitrogens is 3. The second-order valence-corrected chi connectivity index (χ2v) is 12.6. The molecule has 2 aliphatic heterocycles. The predicted molar refractivity (Wildman–Crippen MR) is 145 cm³/mol. The van der Waals surface area contributed by atoms with E-state index in [1.54, 1.807) is 23.4 Å². The van der Waals surface area contributed by atoms with E-state index >= 15 is 0 Å². The van der Waals surface area contributed by atoms with Crippen LogP contribution in [-0.2, 0) is 38.1 Å². The van der Waals surface area contributed by atoms with Gasteiger partial charge in [0.25, 0.3) is 11.8 Å². The van der Waals surface area contributed by atoms with Crippen LogP contribution >= 0.6 is 0 Å². The number of carbonyl (C=O) groups excluding carboxylic acids is 1. The maximum Gasteiger partial charge on any atom is 0.416 e. The second kappa shape index (κ2) is 9.58. The normalized spacial score (nSPS) is 27.8. The van der Waals surface area contributed by atoms with Gasteiger partial charge in [0.2, 0.25) is 0 Å². The van der Waals surface area contributed by atoms with Gasteiger partial charge in [0, 0.05) is 61.0 Å². The van der Waals surface area contributed by atoms with Gasteiger partial charge in [-0.2, -0.15) is 18.4 Å². The summed E-state index contributed by atoms with van der Waals surface area (Å²) in [6, 6.07) is 12.1. The third-order valence-corrected chi connectivity index (χ3v) is 9.92. The highest BCUT2D eigenvalue weighted by Crippen LogP contribution is 2.59. The SMILES string of the molecule is Cn1cnnc1CC1(c2cccc(N3Cc4c(cc(CN5CC[C@@H]6[C@H](C5)C6(F)F)cc4C(F)(F)F)C3=O)c2)CC(C#N)C1. The van der Waals surface area contributed by atoms with Crippen LogP contribution in [0, 0.1) is 29.1 Å². The minimum absolute atomic E-state index is 0.0103. The molecule has 1 saturated heterocycles. The van der Waals surface area contributed by atoms with Crippen molar-refractivity contribution in [3.05, 3.63) is 76.4 Å². The lowest BCUT2D eigenvalue weighted by atomic mass is 9.57. The van der Waals surface area contributed by atoms with Gasteiger partial charge < -0.3 is 9.47 Å². The molecule has 7 nitrogen and oxygen atoms in total. The highest BCUT2D eigenvalue weighted by Gasteiger charge is 2.68. The minimum Gasteiger partial charge on any atom is -0.321 e. The van der Waals surface area contributed by atoms with Crippen LogP contribution in [0.2, 0.25) is 0 Å². The molecule has 3 heterocycles. The van der Waals surface area contributed by atoms with E-state index in [1.165, 1.54) is 11.0 Å². The van der Waals surface area contributed by atoms with E-state index in [-0.39, 0.29) is 42.2 Å². The minimum atomic E-state index is -4.69. The van der Waals surface area contributed by atoms with Crippen LogP contribution in [0.15, 0.2) is 42.7 Å². The van der Waals surface area contributed by atoms with Gasteiger partial charge in [-0.15, -0.1) is 10.2 Å². The molecule has 2 aromatic carbocycles. The van der Waals surface area contributed by atoms with Crippen molar-refractivity contribution in [2.24, 2.45) is 24.8 Å². The summed E-state index contributed by atoms with van der Waals surface area (Å²) in [5, 5.41) is 17.7. The van der Waals surface area contributed by atoms with Gasteiger partial charge in [-0.25, -0.2) is 8.78 Å². The monoisotopic (exact) mass is 596 g/mol. The summed E-state index contributed by atoms with van der Waals surface area (Å²) in [5.41, 5.74) is 0.280. The standard InChI is InChI=1S/C31H29F5N6O/c1-40-17-38-39-27(40)12-29(10-19(11-29)13-37)20-3-2-4-21(9-20)42-15-23-22(28(42)43)7-18(8-25(23)31(34,35)36)14-41-6-5-24-26(16-41)30(24,32)33/h2-4,7-9,17,19,24,26H,5-6,10-12,14-16H2,1H3/t19?,24-,26+,29?/m1/s1. The maximum absolute atomic E-state index is 14.3. The number of nitrogens with zero attached hydrogens (tertiary/aromatic N) is 6. The van der Waals surface area contributed by atoms with Gasteiger partial charge in [-0.3, -0.25) is 9.69 Å². The van der Waals surface area contributed by atoms with Gasteiger partial charge in [0.15, 0.2) is 0 Å². The lowest BCUT2D eigenvalue weighted by molar-refractivity contribution is -0.138. The number of halogens is 5. The molecular weight excluding hydrogens is 567 g/mol. The van der Waals surface area contributed by atoms with Crippen molar-refractivity contribution < 1.29 is 26.7 Å². The van der Waals surface area contributed by atoms with Crippen LogP contribution in [0.5, 0.6) is 0 Å².